The summed E-state index contributed by atoms with van der Waals surface area (Å²) in [6.07, 6.45) is 2.56. The van der Waals surface area contributed by atoms with Gasteiger partial charge in [-0.05, 0) is 38.8 Å². The van der Waals surface area contributed by atoms with Crippen molar-refractivity contribution in [2.75, 3.05) is 26.2 Å². The standard InChI is InChI=1S/C14H27N3O2/c1-4-16-12(18)7-9-17-13(19)14(2,3)11-6-5-8-15-10-11/h11,15H,4-10H2,1-3H3,(H,16,18)(H,17,19). The highest BCUT2D eigenvalue weighted by Gasteiger charge is 2.36. The number of nitrogens with one attached hydrogen (secondary N) is 3. The zero-order valence-corrected chi connectivity index (χ0v) is 12.3. The fourth-order valence-corrected chi connectivity index (χ4v) is 2.46. The van der Waals surface area contributed by atoms with Crippen LogP contribution in [0.15, 0.2) is 0 Å². The Bertz CT molecular complexity index is 310. The largest absolute Gasteiger partial charge is 0.356 e. The number of piperidine rings is 1. The zero-order valence-electron chi connectivity index (χ0n) is 12.3. The maximum Gasteiger partial charge on any atom is 0.225 e. The van der Waals surface area contributed by atoms with Crippen molar-refractivity contribution in [1.82, 2.24) is 16.0 Å². The molecule has 0 aromatic carbocycles. The van der Waals surface area contributed by atoms with Crippen LogP contribution < -0.4 is 16.0 Å². The van der Waals surface area contributed by atoms with E-state index in [1.54, 1.807) is 0 Å². The Labute approximate surface area is 115 Å². The van der Waals surface area contributed by atoms with Gasteiger partial charge in [0.1, 0.15) is 0 Å². The highest BCUT2D eigenvalue weighted by atomic mass is 16.2. The molecule has 0 aliphatic carbocycles. The fraction of sp³-hybridized carbons (Fsp3) is 0.857. The topological polar surface area (TPSA) is 70.2 Å². The van der Waals surface area contributed by atoms with Crippen molar-refractivity contribution in [1.29, 1.82) is 0 Å². The van der Waals surface area contributed by atoms with Crippen LogP contribution in [0.5, 0.6) is 0 Å². The molecular weight excluding hydrogens is 242 g/mol. The van der Waals surface area contributed by atoms with Crippen LogP contribution in [0.25, 0.3) is 0 Å². The molecule has 19 heavy (non-hydrogen) atoms. The van der Waals surface area contributed by atoms with Gasteiger partial charge in [0, 0.05) is 24.9 Å². The van der Waals surface area contributed by atoms with E-state index in [1.807, 2.05) is 20.8 Å². The van der Waals surface area contributed by atoms with Gasteiger partial charge in [-0.25, -0.2) is 0 Å². The molecule has 1 aliphatic heterocycles. The first-order valence-electron chi connectivity index (χ1n) is 7.24. The molecule has 5 heteroatoms. The molecular formula is C14H27N3O2. The molecule has 1 unspecified atom stereocenters. The lowest BCUT2D eigenvalue weighted by Crippen LogP contribution is -2.47. The molecule has 5 nitrogen and oxygen atoms in total. The molecule has 3 N–H and O–H groups in total. The van der Waals surface area contributed by atoms with Gasteiger partial charge in [-0.3, -0.25) is 9.59 Å². The fourth-order valence-electron chi connectivity index (χ4n) is 2.46. The minimum atomic E-state index is -0.380. The first-order valence-corrected chi connectivity index (χ1v) is 7.24. The van der Waals surface area contributed by atoms with Gasteiger partial charge >= 0.3 is 0 Å². The molecule has 1 atom stereocenters. The summed E-state index contributed by atoms with van der Waals surface area (Å²) in [5.74, 6) is 0.399. The lowest BCUT2D eigenvalue weighted by atomic mass is 9.74. The van der Waals surface area contributed by atoms with E-state index in [1.165, 1.54) is 0 Å². The van der Waals surface area contributed by atoms with Crippen LogP contribution in [0, 0.1) is 11.3 Å². The van der Waals surface area contributed by atoms with Crippen LogP contribution in [0.3, 0.4) is 0 Å². The van der Waals surface area contributed by atoms with Crippen LogP contribution in [-0.2, 0) is 9.59 Å². The van der Waals surface area contributed by atoms with E-state index >= 15 is 0 Å². The number of hydrogen-bond donors (Lipinski definition) is 3. The molecule has 0 saturated carbocycles. The molecule has 110 valence electrons. The predicted molar refractivity (Wildman–Crippen MR) is 75.7 cm³/mol. The van der Waals surface area contributed by atoms with E-state index in [0.717, 1.165) is 25.9 Å². The van der Waals surface area contributed by atoms with Crippen LogP contribution >= 0.6 is 0 Å². The summed E-state index contributed by atoms with van der Waals surface area (Å²) in [6, 6.07) is 0. The van der Waals surface area contributed by atoms with E-state index in [2.05, 4.69) is 16.0 Å². The van der Waals surface area contributed by atoms with Crippen molar-refractivity contribution in [2.24, 2.45) is 11.3 Å². The van der Waals surface area contributed by atoms with Gasteiger partial charge < -0.3 is 16.0 Å². The summed E-state index contributed by atoms with van der Waals surface area (Å²) in [7, 11) is 0. The zero-order chi connectivity index (χ0) is 14.3. The number of carbonyl (C=O) groups excluding carboxylic acids is 2. The molecule has 0 radical (unpaired) electrons. The third kappa shape index (κ3) is 4.82. The van der Waals surface area contributed by atoms with Crippen molar-refractivity contribution in [2.45, 2.75) is 40.0 Å². The summed E-state index contributed by atoms with van der Waals surface area (Å²) in [6.45, 7) is 8.86. The van der Waals surface area contributed by atoms with Crippen molar-refractivity contribution < 1.29 is 9.59 Å². The van der Waals surface area contributed by atoms with Crippen molar-refractivity contribution >= 4 is 11.8 Å². The first kappa shape index (κ1) is 16.0. The van der Waals surface area contributed by atoms with E-state index < -0.39 is 0 Å². The second-order valence-corrected chi connectivity index (χ2v) is 5.72. The van der Waals surface area contributed by atoms with Crippen LogP contribution in [0.2, 0.25) is 0 Å². The van der Waals surface area contributed by atoms with Gasteiger partial charge in [-0.2, -0.15) is 0 Å². The van der Waals surface area contributed by atoms with Gasteiger partial charge in [0.05, 0.1) is 0 Å². The Balaban J connectivity index is 2.36. The molecule has 0 spiro atoms. The van der Waals surface area contributed by atoms with Crippen molar-refractivity contribution in [3.05, 3.63) is 0 Å². The second-order valence-electron chi connectivity index (χ2n) is 5.72. The van der Waals surface area contributed by atoms with Gasteiger partial charge in [0.2, 0.25) is 11.8 Å². The van der Waals surface area contributed by atoms with Crippen LogP contribution in [-0.4, -0.2) is 38.0 Å². The number of carbonyl (C=O) groups is 2. The highest BCUT2D eigenvalue weighted by molar-refractivity contribution is 5.83. The minimum Gasteiger partial charge on any atom is -0.356 e. The molecule has 1 rings (SSSR count). The van der Waals surface area contributed by atoms with E-state index in [9.17, 15) is 9.59 Å². The average molecular weight is 269 g/mol. The molecule has 1 heterocycles. The number of rotatable bonds is 6. The molecule has 1 aliphatic rings. The van der Waals surface area contributed by atoms with Crippen molar-refractivity contribution in [3.8, 4) is 0 Å². The predicted octanol–water partition coefficient (Wildman–Crippen LogP) is 0.655. The molecule has 0 aromatic heterocycles. The monoisotopic (exact) mass is 269 g/mol. The third-order valence-corrected chi connectivity index (χ3v) is 3.91. The van der Waals surface area contributed by atoms with E-state index in [4.69, 9.17) is 0 Å². The Morgan fingerprint density at radius 1 is 1.32 bits per heavy atom. The van der Waals surface area contributed by atoms with Crippen LogP contribution in [0.4, 0.5) is 0 Å². The molecule has 2 amide bonds. The van der Waals surface area contributed by atoms with Gasteiger partial charge in [-0.15, -0.1) is 0 Å². The van der Waals surface area contributed by atoms with Gasteiger partial charge in [0.15, 0.2) is 0 Å². The maximum absolute atomic E-state index is 12.2. The SMILES string of the molecule is CCNC(=O)CCNC(=O)C(C)(C)C1CCCNC1. The van der Waals surface area contributed by atoms with Crippen LogP contribution in [0.1, 0.15) is 40.0 Å². The molecule has 0 bridgehead atoms. The highest BCUT2D eigenvalue weighted by Crippen LogP contribution is 2.31. The van der Waals surface area contributed by atoms with Gasteiger partial charge in [-0.1, -0.05) is 13.8 Å². The Morgan fingerprint density at radius 2 is 2.05 bits per heavy atom. The summed E-state index contributed by atoms with van der Waals surface area (Å²) in [5.41, 5.74) is -0.380. The molecule has 1 saturated heterocycles. The summed E-state index contributed by atoms with van der Waals surface area (Å²) >= 11 is 0. The first-order chi connectivity index (χ1) is 8.98. The lowest BCUT2D eigenvalue weighted by molar-refractivity contribution is -0.132. The number of amides is 2. The molecule has 0 aromatic rings. The Morgan fingerprint density at radius 3 is 2.63 bits per heavy atom. The smallest absolute Gasteiger partial charge is 0.225 e. The normalized spacial score (nSPS) is 19.8. The summed E-state index contributed by atoms with van der Waals surface area (Å²) in [4.78, 5) is 23.5. The minimum absolute atomic E-state index is 0.0139. The summed E-state index contributed by atoms with van der Waals surface area (Å²) in [5, 5.41) is 8.95. The van der Waals surface area contributed by atoms with Crippen molar-refractivity contribution in [3.63, 3.8) is 0 Å². The summed E-state index contributed by atoms with van der Waals surface area (Å²) < 4.78 is 0. The Hall–Kier alpha value is -1.10. The number of hydrogen-bond acceptors (Lipinski definition) is 3. The Kier molecular flexibility index (Phi) is 6.28. The van der Waals surface area contributed by atoms with E-state index in [0.29, 0.717) is 25.4 Å². The second kappa shape index (κ2) is 7.48. The quantitative estimate of drug-likeness (QED) is 0.663. The van der Waals surface area contributed by atoms with Gasteiger partial charge in [0.25, 0.3) is 0 Å². The van der Waals surface area contributed by atoms with E-state index in [-0.39, 0.29) is 17.2 Å². The lowest BCUT2D eigenvalue weighted by Gasteiger charge is -2.36. The average Bonchev–Trinajstić information content (AvgIpc) is 2.40. The molecule has 1 fully saturated rings. The maximum atomic E-state index is 12.2. The third-order valence-electron chi connectivity index (χ3n) is 3.91.